The number of nitrogens with zero attached hydrogens (tertiary/aromatic N) is 1. The number of sulfonamides is 1. The predicted octanol–water partition coefficient (Wildman–Crippen LogP) is 3.41. The van der Waals surface area contributed by atoms with Crippen molar-refractivity contribution in [3.8, 4) is 0 Å². The Kier molecular flexibility index (Phi) is 5.85. The van der Waals surface area contributed by atoms with Crippen LogP contribution in [-0.4, -0.2) is 27.1 Å². The van der Waals surface area contributed by atoms with Gasteiger partial charge in [0.25, 0.3) is 0 Å². The highest BCUT2D eigenvalue weighted by atomic mass is 32.2. The molecule has 6 heteroatoms. The Morgan fingerprint density at radius 3 is 2.28 bits per heavy atom. The van der Waals surface area contributed by atoms with Crippen LogP contribution >= 0.6 is 0 Å². The molecular weight excluding hydrogens is 336 g/mol. The van der Waals surface area contributed by atoms with Gasteiger partial charge in [-0.15, -0.1) is 0 Å². The summed E-state index contributed by atoms with van der Waals surface area (Å²) in [6, 6.07) is 12.9. The Morgan fingerprint density at radius 2 is 1.64 bits per heavy atom. The molecule has 0 bridgehead atoms. The molecule has 0 heterocycles. The number of nitrogens with one attached hydrogen (secondary N) is 1. The molecular formula is C19H24N2O3S. The third-order valence-corrected chi connectivity index (χ3v) is 5.39. The normalized spacial score (nSPS) is 11.2. The third-order valence-electron chi connectivity index (χ3n) is 4.21. The number of hydrogen-bond acceptors (Lipinski definition) is 3. The van der Waals surface area contributed by atoms with Gasteiger partial charge in [0.1, 0.15) is 0 Å². The molecule has 1 N–H and O–H groups in total. The minimum atomic E-state index is -3.47. The number of benzene rings is 2. The minimum Gasteiger partial charge on any atom is -0.326 e. The molecule has 134 valence electrons. The number of rotatable bonds is 6. The lowest BCUT2D eigenvalue weighted by Crippen LogP contribution is -2.33. The molecule has 2 rings (SSSR count). The smallest absolute Gasteiger partial charge is 0.232 e. The quantitative estimate of drug-likeness (QED) is 0.858. The van der Waals surface area contributed by atoms with E-state index in [1.54, 1.807) is 12.1 Å². The fourth-order valence-electron chi connectivity index (χ4n) is 2.61. The van der Waals surface area contributed by atoms with Gasteiger partial charge < -0.3 is 5.32 Å². The van der Waals surface area contributed by atoms with Crippen molar-refractivity contribution in [2.45, 2.75) is 27.2 Å². The Morgan fingerprint density at radius 1 is 1.00 bits per heavy atom. The molecule has 5 nitrogen and oxygen atoms in total. The van der Waals surface area contributed by atoms with Gasteiger partial charge in [0.2, 0.25) is 15.9 Å². The van der Waals surface area contributed by atoms with E-state index >= 15 is 0 Å². The van der Waals surface area contributed by atoms with E-state index in [0.29, 0.717) is 5.69 Å². The van der Waals surface area contributed by atoms with Crippen LogP contribution in [-0.2, 0) is 14.8 Å². The van der Waals surface area contributed by atoms with Crippen LogP contribution in [0.25, 0.3) is 0 Å². The second-order valence-corrected chi connectivity index (χ2v) is 8.07. The summed E-state index contributed by atoms with van der Waals surface area (Å²) in [5.74, 6) is -0.212. The first-order valence-electron chi connectivity index (χ1n) is 8.09. The van der Waals surface area contributed by atoms with Gasteiger partial charge in [-0.1, -0.05) is 30.3 Å². The Bertz CT molecular complexity index is 876. The molecule has 2 aromatic carbocycles. The van der Waals surface area contributed by atoms with Gasteiger partial charge in [-0.25, -0.2) is 8.42 Å². The SMILES string of the molecule is Cc1ccccc1N(CCC(=O)Nc1cccc(C)c1C)S(C)(=O)=O. The van der Waals surface area contributed by atoms with Crippen molar-refractivity contribution in [3.63, 3.8) is 0 Å². The van der Waals surface area contributed by atoms with E-state index in [2.05, 4.69) is 5.32 Å². The van der Waals surface area contributed by atoms with Gasteiger partial charge in [-0.3, -0.25) is 9.10 Å². The van der Waals surface area contributed by atoms with Crippen molar-refractivity contribution in [2.75, 3.05) is 22.4 Å². The van der Waals surface area contributed by atoms with Crippen LogP contribution in [0.3, 0.4) is 0 Å². The van der Waals surface area contributed by atoms with Crippen LogP contribution in [0.4, 0.5) is 11.4 Å². The van der Waals surface area contributed by atoms with E-state index in [4.69, 9.17) is 0 Å². The number of hydrogen-bond donors (Lipinski definition) is 1. The average molecular weight is 360 g/mol. The van der Waals surface area contributed by atoms with E-state index in [1.165, 1.54) is 4.31 Å². The lowest BCUT2D eigenvalue weighted by Gasteiger charge is -2.24. The summed E-state index contributed by atoms with van der Waals surface area (Å²) in [6.07, 6.45) is 1.23. The first-order valence-corrected chi connectivity index (χ1v) is 9.94. The molecule has 0 aliphatic rings. The molecule has 1 amide bonds. The highest BCUT2D eigenvalue weighted by Crippen LogP contribution is 2.23. The molecule has 0 unspecified atom stereocenters. The van der Waals surface area contributed by atoms with Crippen LogP contribution in [0, 0.1) is 20.8 Å². The largest absolute Gasteiger partial charge is 0.326 e. The predicted molar refractivity (Wildman–Crippen MR) is 103 cm³/mol. The highest BCUT2D eigenvalue weighted by molar-refractivity contribution is 7.92. The summed E-state index contributed by atoms with van der Waals surface area (Å²) >= 11 is 0. The summed E-state index contributed by atoms with van der Waals surface area (Å²) in [7, 11) is -3.47. The van der Waals surface area contributed by atoms with Crippen LogP contribution in [0.15, 0.2) is 42.5 Å². The topological polar surface area (TPSA) is 66.5 Å². The van der Waals surface area contributed by atoms with E-state index in [9.17, 15) is 13.2 Å². The van der Waals surface area contributed by atoms with E-state index in [0.717, 1.165) is 28.6 Å². The van der Waals surface area contributed by atoms with Crippen molar-refractivity contribution in [3.05, 3.63) is 59.2 Å². The first-order chi connectivity index (χ1) is 11.7. The number of amides is 1. The molecule has 0 aromatic heterocycles. The van der Waals surface area contributed by atoms with Gasteiger partial charge in [-0.2, -0.15) is 0 Å². The third kappa shape index (κ3) is 4.82. The molecule has 25 heavy (non-hydrogen) atoms. The molecule has 0 fully saturated rings. The average Bonchev–Trinajstić information content (AvgIpc) is 2.52. The molecule has 0 saturated heterocycles. The lowest BCUT2D eigenvalue weighted by molar-refractivity contribution is -0.116. The monoisotopic (exact) mass is 360 g/mol. The first kappa shape index (κ1) is 19.0. The van der Waals surface area contributed by atoms with Crippen LogP contribution in [0.5, 0.6) is 0 Å². The second-order valence-electron chi connectivity index (χ2n) is 6.17. The van der Waals surface area contributed by atoms with Gasteiger partial charge in [0, 0.05) is 18.7 Å². The zero-order valence-corrected chi connectivity index (χ0v) is 15.9. The maximum Gasteiger partial charge on any atom is 0.232 e. The van der Waals surface area contributed by atoms with Crippen molar-refractivity contribution in [2.24, 2.45) is 0 Å². The highest BCUT2D eigenvalue weighted by Gasteiger charge is 2.20. The number of carbonyl (C=O) groups excluding carboxylic acids is 1. The van der Waals surface area contributed by atoms with Crippen molar-refractivity contribution in [1.82, 2.24) is 0 Å². The molecule has 0 radical (unpaired) electrons. The number of aryl methyl sites for hydroxylation is 2. The van der Waals surface area contributed by atoms with Gasteiger partial charge in [0.05, 0.1) is 11.9 Å². The van der Waals surface area contributed by atoms with Crippen LogP contribution in [0.2, 0.25) is 0 Å². The Labute approximate surface area is 149 Å². The summed E-state index contributed by atoms with van der Waals surface area (Å²) < 4.78 is 25.6. The number of anilines is 2. The molecule has 0 atom stereocenters. The van der Waals surface area contributed by atoms with Crippen LogP contribution in [0.1, 0.15) is 23.1 Å². The molecule has 2 aromatic rings. The number of para-hydroxylation sites is 1. The van der Waals surface area contributed by atoms with E-state index in [-0.39, 0.29) is 18.9 Å². The van der Waals surface area contributed by atoms with Crippen molar-refractivity contribution < 1.29 is 13.2 Å². The van der Waals surface area contributed by atoms with Gasteiger partial charge in [0.15, 0.2) is 0 Å². The van der Waals surface area contributed by atoms with Crippen LogP contribution < -0.4 is 9.62 Å². The maximum atomic E-state index is 12.3. The fourth-order valence-corrected chi connectivity index (χ4v) is 3.60. The Hall–Kier alpha value is -2.34. The van der Waals surface area contributed by atoms with Crippen molar-refractivity contribution >= 4 is 27.3 Å². The van der Waals surface area contributed by atoms with Gasteiger partial charge in [-0.05, 0) is 49.6 Å². The van der Waals surface area contributed by atoms with E-state index in [1.807, 2.05) is 51.1 Å². The maximum absolute atomic E-state index is 12.3. The summed E-state index contributed by atoms with van der Waals surface area (Å²) in [6.45, 7) is 5.87. The van der Waals surface area contributed by atoms with Crippen molar-refractivity contribution in [1.29, 1.82) is 0 Å². The minimum absolute atomic E-state index is 0.0782. The molecule has 0 aliphatic carbocycles. The summed E-state index contributed by atoms with van der Waals surface area (Å²) in [5.41, 5.74) is 4.31. The Balaban J connectivity index is 2.12. The zero-order chi connectivity index (χ0) is 18.6. The second kappa shape index (κ2) is 7.70. The molecule has 0 saturated carbocycles. The molecule has 0 aliphatic heterocycles. The summed E-state index contributed by atoms with van der Waals surface area (Å²) in [5, 5.41) is 2.86. The lowest BCUT2D eigenvalue weighted by atomic mass is 10.1. The van der Waals surface area contributed by atoms with Gasteiger partial charge >= 0.3 is 0 Å². The standard InChI is InChI=1S/C19H24N2O3S/c1-14-9-7-10-17(16(14)3)20-19(22)12-13-21(25(4,23)24)18-11-6-5-8-15(18)2/h5-11H,12-13H2,1-4H3,(H,20,22). The summed E-state index contributed by atoms with van der Waals surface area (Å²) in [4.78, 5) is 12.3. The number of carbonyl (C=O) groups is 1. The molecule has 0 spiro atoms. The zero-order valence-electron chi connectivity index (χ0n) is 15.0. The van der Waals surface area contributed by atoms with E-state index < -0.39 is 10.0 Å². The fraction of sp³-hybridized carbons (Fsp3) is 0.316.